The lowest BCUT2D eigenvalue weighted by Gasteiger charge is -2.14. The van der Waals surface area contributed by atoms with Crippen molar-refractivity contribution in [2.75, 3.05) is 6.61 Å². The van der Waals surface area contributed by atoms with E-state index in [0.29, 0.717) is 11.5 Å². The van der Waals surface area contributed by atoms with Crippen LogP contribution in [0.5, 0.6) is 5.75 Å². The number of ether oxygens (including phenoxy) is 1. The molecular weight excluding hydrogens is 624 g/mol. The van der Waals surface area contributed by atoms with Crippen molar-refractivity contribution in [3.05, 3.63) is 77.8 Å². The molecule has 1 heterocycles. The van der Waals surface area contributed by atoms with Crippen LogP contribution in [0.3, 0.4) is 0 Å². The maximum atomic E-state index is 13.1. The van der Waals surface area contributed by atoms with Crippen molar-refractivity contribution in [3.8, 4) is 5.75 Å². The molecule has 30 heavy (non-hydrogen) atoms. The number of amides is 2. The van der Waals surface area contributed by atoms with E-state index in [9.17, 15) is 9.59 Å². The van der Waals surface area contributed by atoms with Gasteiger partial charge in [0.25, 0.3) is 11.1 Å². The summed E-state index contributed by atoms with van der Waals surface area (Å²) < 4.78 is 7.81. The average molecular weight is 641 g/mol. The van der Waals surface area contributed by atoms with Crippen molar-refractivity contribution in [1.82, 2.24) is 4.90 Å². The van der Waals surface area contributed by atoms with Crippen LogP contribution in [0.15, 0.2) is 59.5 Å². The fourth-order valence-corrected chi connectivity index (χ4v) is 6.24. The van der Waals surface area contributed by atoms with Crippen LogP contribution >= 0.6 is 56.9 Å². The van der Waals surface area contributed by atoms with Gasteiger partial charge in [-0.1, -0.05) is 42.5 Å². The Bertz CT molecular complexity index is 1190. The van der Waals surface area contributed by atoms with Crippen LogP contribution < -0.4 is 4.74 Å². The van der Waals surface area contributed by atoms with Crippen LogP contribution in [0.25, 0.3) is 16.8 Å². The van der Waals surface area contributed by atoms with E-state index in [1.807, 2.05) is 61.5 Å². The molecule has 1 aliphatic rings. The zero-order chi connectivity index (χ0) is 21.3. The van der Waals surface area contributed by atoms with Crippen LogP contribution in [0.4, 0.5) is 4.79 Å². The van der Waals surface area contributed by atoms with Gasteiger partial charge in [0, 0.05) is 9.13 Å². The molecule has 152 valence electrons. The molecule has 0 spiro atoms. The van der Waals surface area contributed by atoms with Crippen molar-refractivity contribution in [2.24, 2.45) is 0 Å². The highest BCUT2D eigenvalue weighted by atomic mass is 127. The molecule has 0 unspecified atom stereocenters. The first-order valence-electron chi connectivity index (χ1n) is 9.31. The Morgan fingerprint density at radius 2 is 1.83 bits per heavy atom. The lowest BCUT2D eigenvalue weighted by molar-refractivity contribution is -0.123. The van der Waals surface area contributed by atoms with E-state index in [1.54, 1.807) is 6.08 Å². The highest BCUT2D eigenvalue weighted by Crippen LogP contribution is 2.37. The molecule has 7 heteroatoms. The molecule has 4 nitrogen and oxygen atoms in total. The molecule has 1 fully saturated rings. The molecule has 0 bridgehead atoms. The number of fused-ring (bicyclic) bond motifs is 1. The van der Waals surface area contributed by atoms with Gasteiger partial charge in [0.05, 0.1) is 21.6 Å². The highest BCUT2D eigenvalue weighted by molar-refractivity contribution is 14.1. The standard InChI is InChI=1S/C23H17I2NO3S/c1-2-29-21-16(10-17(24)12-19(21)25)11-20-22(27)26(23(28)30-20)13-15-8-5-7-14-6-3-4-9-18(14)15/h3-12H,2,13H2,1H3/b20-11-. The zero-order valence-electron chi connectivity index (χ0n) is 16.0. The summed E-state index contributed by atoms with van der Waals surface area (Å²) in [5, 5.41) is 1.89. The van der Waals surface area contributed by atoms with Gasteiger partial charge in [0.15, 0.2) is 0 Å². The van der Waals surface area contributed by atoms with Gasteiger partial charge in [0.1, 0.15) is 5.75 Å². The quantitative estimate of drug-likeness (QED) is 0.231. The second kappa shape index (κ2) is 9.27. The summed E-state index contributed by atoms with van der Waals surface area (Å²) in [4.78, 5) is 27.5. The monoisotopic (exact) mass is 641 g/mol. The maximum absolute atomic E-state index is 13.1. The van der Waals surface area contributed by atoms with Gasteiger partial charge in [-0.2, -0.15) is 0 Å². The number of halogens is 2. The molecule has 1 saturated heterocycles. The molecule has 0 aliphatic carbocycles. The topological polar surface area (TPSA) is 46.6 Å². The summed E-state index contributed by atoms with van der Waals surface area (Å²) >= 11 is 5.45. The van der Waals surface area contributed by atoms with E-state index in [2.05, 4.69) is 45.2 Å². The molecule has 1 aliphatic heterocycles. The number of rotatable bonds is 5. The normalized spacial score (nSPS) is 15.4. The van der Waals surface area contributed by atoms with E-state index >= 15 is 0 Å². The Morgan fingerprint density at radius 1 is 1.07 bits per heavy atom. The maximum Gasteiger partial charge on any atom is 0.293 e. The fourth-order valence-electron chi connectivity index (χ4n) is 3.36. The minimum atomic E-state index is -0.269. The van der Waals surface area contributed by atoms with E-state index in [-0.39, 0.29) is 17.7 Å². The van der Waals surface area contributed by atoms with Gasteiger partial charge in [-0.15, -0.1) is 0 Å². The molecule has 4 rings (SSSR count). The summed E-state index contributed by atoms with van der Waals surface area (Å²) in [5.74, 6) is 0.466. The van der Waals surface area contributed by atoms with Crippen LogP contribution in [0, 0.1) is 7.14 Å². The zero-order valence-corrected chi connectivity index (χ0v) is 21.2. The van der Waals surface area contributed by atoms with Gasteiger partial charge >= 0.3 is 0 Å². The number of benzene rings is 3. The van der Waals surface area contributed by atoms with Gasteiger partial charge in [-0.05, 0) is 98.4 Å². The summed E-state index contributed by atoms with van der Waals surface area (Å²) in [6, 6.07) is 17.9. The number of imide groups is 1. The Labute approximate surface area is 206 Å². The van der Waals surface area contributed by atoms with Crippen molar-refractivity contribution in [2.45, 2.75) is 13.5 Å². The molecule has 0 atom stereocenters. The van der Waals surface area contributed by atoms with Gasteiger partial charge < -0.3 is 4.74 Å². The predicted molar refractivity (Wildman–Crippen MR) is 139 cm³/mol. The van der Waals surface area contributed by atoms with Gasteiger partial charge in [0.2, 0.25) is 0 Å². The minimum Gasteiger partial charge on any atom is -0.492 e. The lowest BCUT2D eigenvalue weighted by atomic mass is 10.0. The van der Waals surface area contributed by atoms with Crippen LogP contribution in [-0.2, 0) is 11.3 Å². The number of thioether (sulfide) groups is 1. The molecule has 2 amide bonds. The predicted octanol–water partition coefficient (Wildman–Crippen LogP) is 6.68. The first kappa shape index (κ1) is 21.6. The number of hydrogen-bond donors (Lipinski definition) is 0. The number of nitrogens with zero attached hydrogens (tertiary/aromatic N) is 1. The van der Waals surface area contributed by atoms with E-state index in [4.69, 9.17) is 4.74 Å². The van der Waals surface area contributed by atoms with Gasteiger partial charge in [-0.25, -0.2) is 0 Å². The smallest absolute Gasteiger partial charge is 0.293 e. The van der Waals surface area contributed by atoms with Crippen LogP contribution in [0.2, 0.25) is 0 Å². The number of hydrogen-bond acceptors (Lipinski definition) is 4. The van der Waals surface area contributed by atoms with E-state index in [1.165, 1.54) is 4.90 Å². The van der Waals surface area contributed by atoms with Crippen LogP contribution in [-0.4, -0.2) is 22.7 Å². The molecule has 0 saturated carbocycles. The van der Waals surface area contributed by atoms with E-state index < -0.39 is 0 Å². The lowest BCUT2D eigenvalue weighted by Crippen LogP contribution is -2.27. The van der Waals surface area contributed by atoms with Crippen molar-refractivity contribution in [3.63, 3.8) is 0 Å². The molecule has 0 aromatic heterocycles. The van der Waals surface area contributed by atoms with Gasteiger partial charge in [-0.3, -0.25) is 14.5 Å². The summed E-state index contributed by atoms with van der Waals surface area (Å²) in [6.45, 7) is 2.71. The summed E-state index contributed by atoms with van der Waals surface area (Å²) in [7, 11) is 0. The molecule has 0 N–H and O–H groups in total. The number of carbonyl (C=O) groups excluding carboxylic acids is 2. The van der Waals surface area contributed by atoms with Crippen molar-refractivity contribution < 1.29 is 14.3 Å². The Kier molecular flexibility index (Phi) is 6.69. The average Bonchev–Trinajstić information content (AvgIpc) is 2.98. The first-order valence-corrected chi connectivity index (χ1v) is 12.3. The second-order valence-corrected chi connectivity index (χ2v) is 10.0. The molecular formula is C23H17I2NO3S. The van der Waals surface area contributed by atoms with Crippen molar-refractivity contribution in [1.29, 1.82) is 0 Å². The van der Waals surface area contributed by atoms with E-state index in [0.717, 1.165) is 46.6 Å². The van der Waals surface area contributed by atoms with Crippen molar-refractivity contribution >= 4 is 84.9 Å². The first-order chi connectivity index (χ1) is 14.5. The number of carbonyl (C=O) groups is 2. The summed E-state index contributed by atoms with van der Waals surface area (Å²) in [5.41, 5.74) is 1.76. The Balaban J connectivity index is 1.67. The SMILES string of the molecule is CCOc1c(I)cc(I)cc1/C=C1\SC(=O)N(Cc2cccc3ccccc23)C1=O. The largest absolute Gasteiger partial charge is 0.492 e. The Hall–Kier alpha value is -1.59. The molecule has 3 aromatic carbocycles. The third-order valence-corrected chi connectivity index (χ3v) is 7.03. The molecule has 0 radical (unpaired) electrons. The minimum absolute atomic E-state index is 0.252. The highest BCUT2D eigenvalue weighted by Gasteiger charge is 2.35. The summed E-state index contributed by atoms with van der Waals surface area (Å²) in [6.07, 6.45) is 1.77. The second-order valence-electron chi connectivity index (χ2n) is 6.65. The third kappa shape index (κ3) is 4.38. The Morgan fingerprint density at radius 3 is 2.63 bits per heavy atom. The fraction of sp³-hybridized carbons (Fsp3) is 0.130. The molecule has 3 aromatic rings. The third-order valence-electron chi connectivity index (χ3n) is 4.69. The van der Waals surface area contributed by atoms with Crippen LogP contribution in [0.1, 0.15) is 18.1 Å².